The van der Waals surface area contributed by atoms with Crippen molar-refractivity contribution < 1.29 is 19.1 Å². The second-order valence-corrected chi connectivity index (χ2v) is 5.95. The number of hydrogen-bond acceptors (Lipinski definition) is 4. The summed E-state index contributed by atoms with van der Waals surface area (Å²) in [5.74, 6) is 0.620. The van der Waals surface area contributed by atoms with Gasteiger partial charge in [-0.3, -0.25) is 9.59 Å². The van der Waals surface area contributed by atoms with Gasteiger partial charge in [-0.2, -0.15) is 0 Å². The van der Waals surface area contributed by atoms with Gasteiger partial charge in [-0.15, -0.1) is 0 Å². The Labute approximate surface area is 128 Å². The molecule has 0 N–H and O–H groups in total. The van der Waals surface area contributed by atoms with E-state index in [1.54, 1.807) is 0 Å². The van der Waals surface area contributed by atoms with E-state index < -0.39 is 0 Å². The van der Waals surface area contributed by atoms with Gasteiger partial charge in [0.1, 0.15) is 0 Å². The highest BCUT2D eigenvalue weighted by Gasteiger charge is 2.25. The topological polar surface area (TPSA) is 52.6 Å². The van der Waals surface area contributed by atoms with E-state index >= 15 is 0 Å². The van der Waals surface area contributed by atoms with Crippen LogP contribution in [0.5, 0.6) is 0 Å². The Kier molecular flexibility index (Phi) is 8.41. The van der Waals surface area contributed by atoms with Crippen LogP contribution in [0.25, 0.3) is 0 Å². The molecule has 1 fully saturated rings. The van der Waals surface area contributed by atoms with Crippen LogP contribution in [0, 0.1) is 11.8 Å². The number of unbranched alkanes of at least 4 members (excludes halogenated alkanes) is 1. The molecule has 1 aliphatic rings. The van der Waals surface area contributed by atoms with Crippen molar-refractivity contribution in [1.29, 1.82) is 0 Å². The van der Waals surface area contributed by atoms with Crippen molar-refractivity contribution >= 4 is 34.5 Å². The molecular formula is C14H23IO4. The molecule has 0 amide bonds. The normalized spacial score (nSPS) is 22.8. The third-order valence-electron chi connectivity index (χ3n) is 3.50. The lowest BCUT2D eigenvalue weighted by atomic mass is 9.83. The molecule has 0 radical (unpaired) electrons. The minimum absolute atomic E-state index is 0.0452. The zero-order valence-electron chi connectivity index (χ0n) is 11.5. The summed E-state index contributed by atoms with van der Waals surface area (Å²) >= 11 is 1.97. The second-order valence-electron chi connectivity index (χ2n) is 5.19. The molecule has 110 valence electrons. The molecule has 0 saturated heterocycles. The molecule has 0 aromatic carbocycles. The Morgan fingerprint density at radius 2 is 1.63 bits per heavy atom. The van der Waals surface area contributed by atoms with E-state index in [4.69, 9.17) is 9.47 Å². The number of carbonyl (C=O) groups is 2. The number of halogens is 1. The summed E-state index contributed by atoms with van der Waals surface area (Å²) in [6.07, 6.45) is 5.69. The third-order valence-corrected chi connectivity index (χ3v) is 4.13. The molecule has 0 bridgehead atoms. The molecule has 0 heterocycles. The van der Waals surface area contributed by atoms with Gasteiger partial charge in [0.25, 0.3) is 0 Å². The van der Waals surface area contributed by atoms with E-state index in [1.807, 2.05) is 22.6 Å². The maximum atomic E-state index is 11.8. The zero-order chi connectivity index (χ0) is 14.1. The van der Waals surface area contributed by atoms with Gasteiger partial charge in [0.2, 0.25) is 0 Å². The van der Waals surface area contributed by atoms with Crippen molar-refractivity contribution in [3.05, 3.63) is 0 Å². The molecule has 0 aliphatic heterocycles. The van der Waals surface area contributed by atoms with E-state index in [-0.39, 0.29) is 17.9 Å². The summed E-state index contributed by atoms with van der Waals surface area (Å²) in [4.78, 5) is 22.7. The minimum Gasteiger partial charge on any atom is -0.465 e. The van der Waals surface area contributed by atoms with Gasteiger partial charge in [0.15, 0.2) is 0 Å². The fraction of sp³-hybridized carbons (Fsp3) is 0.857. The van der Waals surface area contributed by atoms with E-state index in [9.17, 15) is 9.59 Å². The van der Waals surface area contributed by atoms with Crippen molar-refractivity contribution in [1.82, 2.24) is 0 Å². The Bertz CT molecular complexity index is 285. The standard InChI is InChI=1S/C14H23IO4/c1-11-4-6-12(7-5-11)14(17)19-9-3-2-8-18-13(16)10-15/h11-12H,2-10H2,1H3. The van der Waals surface area contributed by atoms with Crippen LogP contribution in [0.4, 0.5) is 0 Å². The summed E-state index contributed by atoms with van der Waals surface area (Å²) in [6, 6.07) is 0. The monoisotopic (exact) mass is 382 g/mol. The Balaban J connectivity index is 2.00. The van der Waals surface area contributed by atoms with Crippen molar-refractivity contribution in [3.63, 3.8) is 0 Å². The maximum absolute atomic E-state index is 11.8. The predicted molar refractivity (Wildman–Crippen MR) is 81.2 cm³/mol. The van der Waals surface area contributed by atoms with Gasteiger partial charge in [0, 0.05) is 0 Å². The molecule has 0 spiro atoms. The lowest BCUT2D eigenvalue weighted by Crippen LogP contribution is -2.23. The lowest BCUT2D eigenvalue weighted by Gasteiger charge is -2.24. The average Bonchev–Trinajstić information content (AvgIpc) is 2.42. The van der Waals surface area contributed by atoms with Crippen molar-refractivity contribution in [2.45, 2.75) is 45.4 Å². The van der Waals surface area contributed by atoms with Crippen molar-refractivity contribution in [2.75, 3.05) is 17.6 Å². The number of carbonyl (C=O) groups excluding carboxylic acids is 2. The lowest BCUT2D eigenvalue weighted by molar-refractivity contribution is -0.150. The smallest absolute Gasteiger partial charge is 0.315 e. The van der Waals surface area contributed by atoms with Gasteiger partial charge in [-0.05, 0) is 44.4 Å². The molecule has 1 aliphatic carbocycles. The van der Waals surface area contributed by atoms with Crippen LogP contribution in [0.1, 0.15) is 45.4 Å². The van der Waals surface area contributed by atoms with Gasteiger partial charge >= 0.3 is 11.9 Å². The fourth-order valence-corrected chi connectivity index (χ4v) is 2.44. The maximum Gasteiger partial charge on any atom is 0.315 e. The van der Waals surface area contributed by atoms with Crippen molar-refractivity contribution in [2.24, 2.45) is 11.8 Å². The molecule has 0 aromatic rings. The van der Waals surface area contributed by atoms with Gasteiger partial charge in [0.05, 0.1) is 23.6 Å². The van der Waals surface area contributed by atoms with Gasteiger partial charge < -0.3 is 9.47 Å². The number of esters is 2. The van der Waals surface area contributed by atoms with Gasteiger partial charge in [-0.25, -0.2) is 0 Å². The van der Waals surface area contributed by atoms with E-state index in [1.165, 1.54) is 0 Å². The van der Waals surface area contributed by atoms with Crippen LogP contribution in [0.15, 0.2) is 0 Å². The van der Waals surface area contributed by atoms with Crippen LogP contribution < -0.4 is 0 Å². The Morgan fingerprint density at radius 3 is 2.21 bits per heavy atom. The van der Waals surface area contributed by atoms with Crippen LogP contribution in [-0.2, 0) is 19.1 Å². The number of ether oxygens (including phenoxy) is 2. The predicted octanol–water partition coefficient (Wildman–Crippen LogP) is 3.11. The molecule has 0 unspecified atom stereocenters. The fourth-order valence-electron chi connectivity index (χ4n) is 2.22. The third kappa shape index (κ3) is 7.13. The highest BCUT2D eigenvalue weighted by molar-refractivity contribution is 14.1. The van der Waals surface area contributed by atoms with Crippen LogP contribution in [0.3, 0.4) is 0 Å². The molecule has 5 heteroatoms. The Morgan fingerprint density at radius 1 is 1.05 bits per heavy atom. The molecule has 0 atom stereocenters. The first kappa shape index (κ1) is 16.7. The quantitative estimate of drug-likeness (QED) is 0.294. The number of hydrogen-bond donors (Lipinski definition) is 0. The SMILES string of the molecule is CC1CCC(C(=O)OCCCCOC(=O)CI)CC1. The van der Waals surface area contributed by atoms with E-state index in [0.29, 0.717) is 17.6 Å². The minimum atomic E-state index is -0.186. The van der Waals surface area contributed by atoms with E-state index in [0.717, 1.165) is 44.4 Å². The van der Waals surface area contributed by atoms with Crippen LogP contribution >= 0.6 is 22.6 Å². The molecule has 0 aromatic heterocycles. The van der Waals surface area contributed by atoms with E-state index in [2.05, 4.69) is 6.92 Å². The number of rotatable bonds is 7. The Hall–Kier alpha value is -0.330. The summed E-state index contributed by atoms with van der Waals surface area (Å²) in [7, 11) is 0. The molecule has 4 nitrogen and oxygen atoms in total. The molecule has 19 heavy (non-hydrogen) atoms. The first-order valence-electron chi connectivity index (χ1n) is 7.01. The first-order chi connectivity index (χ1) is 9.13. The number of alkyl halides is 1. The summed E-state index contributed by atoms with van der Waals surface area (Å²) in [6.45, 7) is 3.09. The first-order valence-corrected chi connectivity index (χ1v) is 8.54. The summed E-state index contributed by atoms with van der Waals surface area (Å²) in [5, 5.41) is 0. The largest absolute Gasteiger partial charge is 0.465 e. The summed E-state index contributed by atoms with van der Waals surface area (Å²) < 4.78 is 10.6. The summed E-state index contributed by atoms with van der Waals surface area (Å²) in [5.41, 5.74) is 0. The second kappa shape index (κ2) is 9.55. The highest BCUT2D eigenvalue weighted by atomic mass is 127. The average molecular weight is 382 g/mol. The van der Waals surface area contributed by atoms with Crippen LogP contribution in [0.2, 0.25) is 0 Å². The zero-order valence-corrected chi connectivity index (χ0v) is 13.7. The molecule has 1 rings (SSSR count). The highest BCUT2D eigenvalue weighted by Crippen LogP contribution is 2.28. The van der Waals surface area contributed by atoms with Crippen LogP contribution in [-0.4, -0.2) is 29.6 Å². The molecule has 1 saturated carbocycles. The van der Waals surface area contributed by atoms with Gasteiger partial charge in [-0.1, -0.05) is 29.5 Å². The molecular weight excluding hydrogens is 359 g/mol. The van der Waals surface area contributed by atoms with Crippen molar-refractivity contribution in [3.8, 4) is 0 Å².